The zero-order valence-electron chi connectivity index (χ0n) is 9.83. The summed E-state index contributed by atoms with van der Waals surface area (Å²) >= 11 is 0. The number of aldehydes is 1. The maximum Gasteiger partial charge on any atom is 0.150 e. The summed E-state index contributed by atoms with van der Waals surface area (Å²) in [4.78, 5) is 10.7. The molecule has 86 valence electrons. The van der Waals surface area contributed by atoms with Crippen molar-refractivity contribution in [2.75, 3.05) is 0 Å². The number of rotatable bonds is 2. The molecule has 2 aromatic rings. The SMILES string of the molecule is Cc1ccc(-c2cc(C=O)ccc2F)c(C)c1. The maximum absolute atomic E-state index is 13.8. The molecule has 0 N–H and O–H groups in total. The van der Waals surface area contributed by atoms with E-state index in [0.29, 0.717) is 11.1 Å². The fraction of sp³-hybridized carbons (Fsp3) is 0.133. The summed E-state index contributed by atoms with van der Waals surface area (Å²) in [7, 11) is 0. The van der Waals surface area contributed by atoms with E-state index in [0.717, 1.165) is 23.0 Å². The monoisotopic (exact) mass is 228 g/mol. The molecule has 0 spiro atoms. The van der Waals surface area contributed by atoms with Crippen LogP contribution in [-0.4, -0.2) is 6.29 Å². The van der Waals surface area contributed by atoms with E-state index in [4.69, 9.17) is 0 Å². The molecule has 0 saturated heterocycles. The van der Waals surface area contributed by atoms with E-state index >= 15 is 0 Å². The van der Waals surface area contributed by atoms with Crippen molar-refractivity contribution in [1.29, 1.82) is 0 Å². The van der Waals surface area contributed by atoms with Crippen LogP contribution >= 0.6 is 0 Å². The molecule has 0 bridgehead atoms. The van der Waals surface area contributed by atoms with Gasteiger partial charge >= 0.3 is 0 Å². The molecule has 0 aromatic heterocycles. The van der Waals surface area contributed by atoms with Crippen molar-refractivity contribution in [2.45, 2.75) is 13.8 Å². The van der Waals surface area contributed by atoms with Crippen molar-refractivity contribution in [3.63, 3.8) is 0 Å². The van der Waals surface area contributed by atoms with Gasteiger partial charge in [-0.1, -0.05) is 23.8 Å². The molecule has 2 aromatic carbocycles. The first-order valence-corrected chi connectivity index (χ1v) is 5.44. The summed E-state index contributed by atoms with van der Waals surface area (Å²) in [6, 6.07) is 10.2. The van der Waals surface area contributed by atoms with E-state index in [2.05, 4.69) is 0 Å². The number of halogens is 1. The lowest BCUT2D eigenvalue weighted by Gasteiger charge is -2.08. The van der Waals surface area contributed by atoms with Gasteiger partial charge in [-0.25, -0.2) is 4.39 Å². The first-order chi connectivity index (χ1) is 8.11. The van der Waals surface area contributed by atoms with Crippen LogP contribution in [0, 0.1) is 19.7 Å². The molecule has 2 heteroatoms. The average Bonchev–Trinajstić information content (AvgIpc) is 2.30. The number of benzene rings is 2. The fourth-order valence-corrected chi connectivity index (χ4v) is 1.94. The lowest BCUT2D eigenvalue weighted by atomic mass is 9.97. The third-order valence-electron chi connectivity index (χ3n) is 2.80. The smallest absolute Gasteiger partial charge is 0.150 e. The van der Waals surface area contributed by atoms with Gasteiger partial charge in [0.2, 0.25) is 0 Å². The fourth-order valence-electron chi connectivity index (χ4n) is 1.94. The number of carbonyl (C=O) groups is 1. The highest BCUT2D eigenvalue weighted by Crippen LogP contribution is 2.27. The Morgan fingerprint density at radius 2 is 1.76 bits per heavy atom. The summed E-state index contributed by atoms with van der Waals surface area (Å²) in [5.41, 5.74) is 3.94. The Morgan fingerprint density at radius 1 is 1.00 bits per heavy atom. The molecule has 0 aliphatic heterocycles. The zero-order valence-corrected chi connectivity index (χ0v) is 9.83. The molecular weight excluding hydrogens is 215 g/mol. The van der Waals surface area contributed by atoms with Gasteiger partial charge in [0.05, 0.1) is 0 Å². The van der Waals surface area contributed by atoms with Crippen molar-refractivity contribution < 1.29 is 9.18 Å². The minimum absolute atomic E-state index is 0.303. The minimum atomic E-state index is -0.303. The Bertz CT molecular complexity index is 573. The summed E-state index contributed by atoms with van der Waals surface area (Å²) in [6.07, 6.45) is 0.729. The Kier molecular flexibility index (Phi) is 3.05. The van der Waals surface area contributed by atoms with Crippen LogP contribution in [0.1, 0.15) is 21.5 Å². The first-order valence-electron chi connectivity index (χ1n) is 5.44. The Balaban J connectivity index is 2.63. The van der Waals surface area contributed by atoms with Crippen LogP contribution in [-0.2, 0) is 0 Å². The molecule has 1 nitrogen and oxygen atoms in total. The molecule has 0 amide bonds. The largest absolute Gasteiger partial charge is 0.298 e. The molecule has 0 fully saturated rings. The highest BCUT2D eigenvalue weighted by Gasteiger charge is 2.08. The lowest BCUT2D eigenvalue weighted by Crippen LogP contribution is -1.91. The second kappa shape index (κ2) is 4.50. The van der Waals surface area contributed by atoms with Crippen molar-refractivity contribution in [2.24, 2.45) is 0 Å². The summed E-state index contributed by atoms with van der Waals surface area (Å²) in [5.74, 6) is -0.303. The van der Waals surface area contributed by atoms with E-state index in [1.54, 1.807) is 6.07 Å². The predicted octanol–water partition coefficient (Wildman–Crippen LogP) is 3.92. The topological polar surface area (TPSA) is 17.1 Å². The third-order valence-corrected chi connectivity index (χ3v) is 2.80. The highest BCUT2D eigenvalue weighted by molar-refractivity contribution is 5.79. The molecule has 17 heavy (non-hydrogen) atoms. The van der Waals surface area contributed by atoms with Crippen molar-refractivity contribution in [3.05, 3.63) is 58.9 Å². The Morgan fingerprint density at radius 3 is 2.41 bits per heavy atom. The van der Waals surface area contributed by atoms with Crippen molar-refractivity contribution in [1.82, 2.24) is 0 Å². The molecule has 0 atom stereocenters. The van der Waals surface area contributed by atoms with Crippen LogP contribution in [0.15, 0.2) is 36.4 Å². The van der Waals surface area contributed by atoms with Crippen LogP contribution in [0.2, 0.25) is 0 Å². The maximum atomic E-state index is 13.8. The number of carbonyl (C=O) groups excluding carboxylic acids is 1. The lowest BCUT2D eigenvalue weighted by molar-refractivity contribution is 0.112. The number of hydrogen-bond acceptors (Lipinski definition) is 1. The van der Waals surface area contributed by atoms with Crippen molar-refractivity contribution >= 4 is 6.29 Å². The second-order valence-electron chi connectivity index (χ2n) is 4.18. The van der Waals surface area contributed by atoms with Gasteiger partial charge in [0.25, 0.3) is 0 Å². The van der Waals surface area contributed by atoms with Gasteiger partial charge in [-0.3, -0.25) is 4.79 Å². The zero-order chi connectivity index (χ0) is 12.4. The van der Waals surface area contributed by atoms with Crippen LogP contribution in [0.4, 0.5) is 4.39 Å². The van der Waals surface area contributed by atoms with E-state index in [-0.39, 0.29) is 5.82 Å². The molecular formula is C15H13FO. The molecule has 0 heterocycles. The standard InChI is InChI=1S/C15H13FO/c1-10-3-5-13(11(2)7-10)14-8-12(9-17)4-6-15(14)16/h3-9H,1-2H3. The van der Waals surface area contributed by atoms with Gasteiger partial charge < -0.3 is 0 Å². The van der Waals surface area contributed by atoms with Gasteiger partial charge in [0, 0.05) is 11.1 Å². The van der Waals surface area contributed by atoms with Crippen LogP contribution in [0.3, 0.4) is 0 Å². The molecule has 0 unspecified atom stereocenters. The van der Waals surface area contributed by atoms with Crippen LogP contribution in [0.25, 0.3) is 11.1 Å². The highest BCUT2D eigenvalue weighted by atomic mass is 19.1. The quantitative estimate of drug-likeness (QED) is 0.712. The minimum Gasteiger partial charge on any atom is -0.298 e. The van der Waals surface area contributed by atoms with Gasteiger partial charge in [0.1, 0.15) is 12.1 Å². The molecule has 0 aliphatic rings. The molecule has 0 aliphatic carbocycles. The summed E-state index contributed by atoms with van der Waals surface area (Å²) in [6.45, 7) is 3.93. The Labute approximate surface area is 99.9 Å². The van der Waals surface area contributed by atoms with Gasteiger partial charge in [0.15, 0.2) is 0 Å². The van der Waals surface area contributed by atoms with Gasteiger partial charge in [-0.2, -0.15) is 0 Å². The summed E-state index contributed by atoms with van der Waals surface area (Å²) < 4.78 is 13.8. The number of hydrogen-bond donors (Lipinski definition) is 0. The molecule has 2 rings (SSSR count). The third kappa shape index (κ3) is 2.26. The number of aryl methyl sites for hydroxylation is 2. The predicted molar refractivity (Wildman–Crippen MR) is 66.7 cm³/mol. The average molecular weight is 228 g/mol. The molecule has 0 saturated carbocycles. The van der Waals surface area contributed by atoms with E-state index in [1.807, 2.05) is 32.0 Å². The van der Waals surface area contributed by atoms with E-state index in [1.165, 1.54) is 12.1 Å². The van der Waals surface area contributed by atoms with E-state index < -0.39 is 0 Å². The summed E-state index contributed by atoms with van der Waals surface area (Å²) in [5, 5.41) is 0. The second-order valence-corrected chi connectivity index (χ2v) is 4.18. The molecule has 0 radical (unpaired) electrons. The van der Waals surface area contributed by atoms with Gasteiger partial charge in [-0.15, -0.1) is 0 Å². The van der Waals surface area contributed by atoms with Gasteiger partial charge in [-0.05, 0) is 43.2 Å². The Hall–Kier alpha value is -1.96. The normalized spacial score (nSPS) is 10.3. The van der Waals surface area contributed by atoms with Crippen LogP contribution < -0.4 is 0 Å². The van der Waals surface area contributed by atoms with Crippen LogP contribution in [0.5, 0.6) is 0 Å². The van der Waals surface area contributed by atoms with Crippen molar-refractivity contribution in [3.8, 4) is 11.1 Å². The van der Waals surface area contributed by atoms with E-state index in [9.17, 15) is 9.18 Å². The first kappa shape index (κ1) is 11.5.